The molecule has 0 radical (unpaired) electrons. The number of hydrogen-bond donors (Lipinski definition) is 1. The minimum absolute atomic E-state index is 0.00176. The zero-order valence-corrected chi connectivity index (χ0v) is 15.8. The molecule has 2 rings (SSSR count). The maximum Gasteiger partial charge on any atom is 0.173 e. The molecule has 0 amide bonds. The number of sulfone groups is 1. The van der Waals surface area contributed by atoms with Crippen LogP contribution >= 0.6 is 12.2 Å². The van der Waals surface area contributed by atoms with Crippen LogP contribution < -0.4 is 5.32 Å². The van der Waals surface area contributed by atoms with Crippen LogP contribution in [0.25, 0.3) is 0 Å². The first kappa shape index (κ1) is 18.2. The summed E-state index contributed by atoms with van der Waals surface area (Å²) in [6, 6.07) is 6.15. The zero-order valence-electron chi connectivity index (χ0n) is 14.1. The summed E-state index contributed by atoms with van der Waals surface area (Å²) in [5.74, 6) is 0.484. The molecular weight excluding hydrogens is 328 g/mol. The van der Waals surface area contributed by atoms with Gasteiger partial charge in [-0.2, -0.15) is 0 Å². The largest absolute Gasteiger partial charge is 0.345 e. The molecule has 4 nitrogen and oxygen atoms in total. The van der Waals surface area contributed by atoms with Crippen LogP contribution in [0.15, 0.2) is 18.2 Å². The molecule has 1 atom stereocenters. The summed E-state index contributed by atoms with van der Waals surface area (Å²) < 4.78 is 23.6. The Morgan fingerprint density at radius 1 is 1.35 bits per heavy atom. The zero-order chi connectivity index (χ0) is 17.0. The number of nitrogens with zero attached hydrogens (tertiary/aromatic N) is 1. The molecule has 1 fully saturated rings. The van der Waals surface area contributed by atoms with Crippen LogP contribution in [0.2, 0.25) is 0 Å². The molecule has 0 saturated carbocycles. The van der Waals surface area contributed by atoms with Gasteiger partial charge >= 0.3 is 0 Å². The monoisotopic (exact) mass is 354 g/mol. The molecule has 1 aromatic carbocycles. The molecule has 6 heteroatoms. The lowest BCUT2D eigenvalue weighted by Crippen LogP contribution is -2.44. The molecule has 128 valence electrons. The predicted octanol–water partition coefficient (Wildman–Crippen LogP) is 3.29. The topological polar surface area (TPSA) is 49.4 Å². The van der Waals surface area contributed by atoms with Crippen LogP contribution in [-0.4, -0.2) is 42.5 Å². The van der Waals surface area contributed by atoms with Crippen LogP contribution in [0.1, 0.15) is 37.3 Å². The number of nitrogens with one attached hydrogen (secondary N) is 1. The molecule has 0 aromatic heterocycles. The van der Waals surface area contributed by atoms with Gasteiger partial charge in [0.05, 0.1) is 11.5 Å². The Morgan fingerprint density at radius 3 is 2.65 bits per heavy atom. The third kappa shape index (κ3) is 4.91. The highest BCUT2D eigenvalue weighted by Crippen LogP contribution is 2.21. The van der Waals surface area contributed by atoms with Gasteiger partial charge in [0.1, 0.15) is 0 Å². The molecule has 0 aliphatic carbocycles. The highest BCUT2D eigenvalue weighted by atomic mass is 32.2. The molecule has 1 aliphatic rings. The van der Waals surface area contributed by atoms with Crippen molar-refractivity contribution in [3.05, 3.63) is 29.3 Å². The summed E-state index contributed by atoms with van der Waals surface area (Å²) in [7, 11) is -2.91. The van der Waals surface area contributed by atoms with Gasteiger partial charge in [-0.1, -0.05) is 19.4 Å². The van der Waals surface area contributed by atoms with Gasteiger partial charge in [-0.25, -0.2) is 8.42 Å². The van der Waals surface area contributed by atoms with Crippen LogP contribution in [-0.2, 0) is 9.84 Å². The van der Waals surface area contributed by atoms with Gasteiger partial charge in [0.25, 0.3) is 0 Å². The minimum atomic E-state index is -2.91. The number of thiocarbonyl (C=S) groups is 1. The lowest BCUT2D eigenvalue weighted by Gasteiger charge is -2.31. The summed E-state index contributed by atoms with van der Waals surface area (Å²) in [5, 5.41) is 3.91. The quantitative estimate of drug-likeness (QED) is 0.822. The Hall–Kier alpha value is -1.14. The molecule has 0 bridgehead atoms. The van der Waals surface area contributed by atoms with Gasteiger partial charge < -0.3 is 10.2 Å². The smallest absolute Gasteiger partial charge is 0.173 e. The average Bonchev–Trinajstić information content (AvgIpc) is 2.83. The average molecular weight is 355 g/mol. The van der Waals surface area contributed by atoms with Crippen molar-refractivity contribution in [3.8, 4) is 0 Å². The normalized spacial score (nSPS) is 19.5. The second kappa shape index (κ2) is 7.62. The minimum Gasteiger partial charge on any atom is -0.345 e. The maximum absolute atomic E-state index is 11.8. The molecule has 1 N–H and O–H groups in total. The summed E-state index contributed by atoms with van der Waals surface area (Å²) in [4.78, 5) is 2.07. The maximum atomic E-state index is 11.8. The first-order valence-corrected chi connectivity index (χ1v) is 10.4. The summed E-state index contributed by atoms with van der Waals surface area (Å²) in [6.45, 7) is 7.08. The number of anilines is 1. The van der Waals surface area contributed by atoms with Gasteiger partial charge in [-0.05, 0) is 62.2 Å². The van der Waals surface area contributed by atoms with Gasteiger partial charge in [0, 0.05) is 18.3 Å². The molecule has 0 unspecified atom stereocenters. The van der Waals surface area contributed by atoms with Crippen molar-refractivity contribution in [2.75, 3.05) is 23.4 Å². The van der Waals surface area contributed by atoms with Crippen LogP contribution in [0.5, 0.6) is 0 Å². The molecular formula is C17H26N2O2S2. The molecule has 0 spiro atoms. The fourth-order valence-corrected chi connectivity index (χ4v) is 4.90. The Labute approximate surface area is 145 Å². The lowest BCUT2D eigenvalue weighted by molar-refractivity contribution is 0.333. The van der Waals surface area contributed by atoms with E-state index in [1.165, 1.54) is 11.1 Å². The number of aryl methyl sites for hydroxylation is 2. The second-order valence-electron chi connectivity index (χ2n) is 6.33. The summed E-state index contributed by atoms with van der Waals surface area (Å²) >= 11 is 5.58. The Balaban J connectivity index is 2.11. The number of hydrogen-bond acceptors (Lipinski definition) is 3. The van der Waals surface area contributed by atoms with E-state index in [-0.39, 0.29) is 17.5 Å². The van der Waals surface area contributed by atoms with E-state index in [0.717, 1.165) is 25.1 Å². The molecule has 1 aromatic rings. The van der Waals surface area contributed by atoms with E-state index in [1.807, 2.05) is 6.07 Å². The summed E-state index contributed by atoms with van der Waals surface area (Å²) in [6.07, 6.45) is 2.73. The van der Waals surface area contributed by atoms with Crippen LogP contribution in [0.3, 0.4) is 0 Å². The van der Waals surface area contributed by atoms with E-state index in [0.29, 0.717) is 11.5 Å². The molecule has 1 aliphatic heterocycles. The van der Waals surface area contributed by atoms with Crippen molar-refractivity contribution in [1.82, 2.24) is 4.90 Å². The second-order valence-corrected chi connectivity index (χ2v) is 8.95. The van der Waals surface area contributed by atoms with E-state index in [2.05, 4.69) is 43.1 Å². The Kier molecular flexibility index (Phi) is 6.03. The lowest BCUT2D eigenvalue weighted by atomic mass is 10.1. The van der Waals surface area contributed by atoms with Gasteiger partial charge in [-0.15, -0.1) is 0 Å². The standard InChI is InChI=1S/C17H26N2O2S2/c1-4-5-9-19(16-8-10-23(20,21)12-16)17(22)18-15-7-6-13(2)14(3)11-15/h6-7,11,16H,4-5,8-10,12H2,1-3H3,(H,18,22)/t16-/m0/s1. The fourth-order valence-electron chi connectivity index (χ4n) is 2.81. The van der Waals surface area contributed by atoms with Crippen LogP contribution in [0.4, 0.5) is 5.69 Å². The van der Waals surface area contributed by atoms with Crippen molar-refractivity contribution < 1.29 is 8.42 Å². The Bertz CT molecular complexity index is 671. The molecule has 1 saturated heterocycles. The van der Waals surface area contributed by atoms with Crippen LogP contribution in [0, 0.1) is 13.8 Å². The van der Waals surface area contributed by atoms with E-state index in [1.54, 1.807) is 0 Å². The highest BCUT2D eigenvalue weighted by Gasteiger charge is 2.33. The van der Waals surface area contributed by atoms with Crippen molar-refractivity contribution in [1.29, 1.82) is 0 Å². The van der Waals surface area contributed by atoms with Crippen molar-refractivity contribution in [3.63, 3.8) is 0 Å². The van der Waals surface area contributed by atoms with E-state index < -0.39 is 9.84 Å². The number of unbranched alkanes of at least 4 members (excludes halogenated alkanes) is 1. The summed E-state index contributed by atoms with van der Waals surface area (Å²) in [5.41, 5.74) is 3.41. The highest BCUT2D eigenvalue weighted by molar-refractivity contribution is 7.91. The number of benzene rings is 1. The SMILES string of the molecule is CCCCN(C(=S)Nc1ccc(C)c(C)c1)[C@H]1CCS(=O)(=O)C1. The fraction of sp³-hybridized carbons (Fsp3) is 0.588. The third-order valence-electron chi connectivity index (χ3n) is 4.42. The third-order valence-corrected chi connectivity index (χ3v) is 6.51. The number of rotatable bonds is 5. The van der Waals surface area contributed by atoms with E-state index in [9.17, 15) is 8.42 Å². The Morgan fingerprint density at radius 2 is 2.09 bits per heavy atom. The van der Waals surface area contributed by atoms with Gasteiger partial charge in [-0.3, -0.25) is 0 Å². The van der Waals surface area contributed by atoms with E-state index >= 15 is 0 Å². The van der Waals surface area contributed by atoms with Crippen molar-refractivity contribution in [2.24, 2.45) is 0 Å². The van der Waals surface area contributed by atoms with Crippen molar-refractivity contribution >= 4 is 32.9 Å². The predicted molar refractivity (Wildman–Crippen MR) is 101 cm³/mol. The molecule has 1 heterocycles. The first-order valence-electron chi connectivity index (χ1n) is 8.17. The van der Waals surface area contributed by atoms with Crippen molar-refractivity contribution in [2.45, 2.75) is 46.1 Å². The first-order chi connectivity index (χ1) is 10.8. The molecule has 23 heavy (non-hydrogen) atoms. The van der Waals surface area contributed by atoms with E-state index in [4.69, 9.17) is 12.2 Å². The van der Waals surface area contributed by atoms with Gasteiger partial charge in [0.15, 0.2) is 14.9 Å². The van der Waals surface area contributed by atoms with Gasteiger partial charge in [0.2, 0.25) is 0 Å².